The van der Waals surface area contributed by atoms with E-state index in [0.29, 0.717) is 33.7 Å². The van der Waals surface area contributed by atoms with Gasteiger partial charge in [0.25, 0.3) is 5.91 Å². The third-order valence-electron chi connectivity index (χ3n) is 4.03. The molecule has 8 heteroatoms. The van der Waals surface area contributed by atoms with Crippen molar-refractivity contribution in [2.45, 2.75) is 6.61 Å². The summed E-state index contributed by atoms with van der Waals surface area (Å²) in [6.45, 7) is 0.312. The van der Waals surface area contributed by atoms with E-state index in [1.165, 1.54) is 6.21 Å². The van der Waals surface area contributed by atoms with Crippen LogP contribution in [-0.2, 0) is 6.61 Å². The third kappa shape index (κ3) is 6.10. The number of nitrogens with zero attached hydrogens (tertiary/aromatic N) is 1. The molecule has 0 atom stereocenters. The van der Waals surface area contributed by atoms with Crippen LogP contribution >= 0.6 is 45.8 Å². The van der Waals surface area contributed by atoms with Crippen LogP contribution in [0.25, 0.3) is 0 Å². The van der Waals surface area contributed by atoms with Crippen LogP contribution in [0.15, 0.2) is 65.8 Å². The number of nitrogens with one attached hydrogen (secondary N) is 1. The fraction of sp³-hybridized carbons (Fsp3) is 0.0909. The van der Waals surface area contributed by atoms with Crippen LogP contribution < -0.4 is 14.9 Å². The highest BCUT2D eigenvalue weighted by molar-refractivity contribution is 14.1. The first kappa shape index (κ1) is 22.4. The molecule has 0 aromatic heterocycles. The number of halogens is 3. The van der Waals surface area contributed by atoms with Gasteiger partial charge in [0, 0.05) is 9.13 Å². The van der Waals surface area contributed by atoms with Crippen molar-refractivity contribution >= 4 is 57.9 Å². The van der Waals surface area contributed by atoms with Crippen molar-refractivity contribution < 1.29 is 14.3 Å². The van der Waals surface area contributed by atoms with Gasteiger partial charge in [0.2, 0.25) is 0 Å². The fourth-order valence-electron chi connectivity index (χ4n) is 2.53. The number of carbonyl (C=O) groups is 1. The lowest BCUT2D eigenvalue weighted by Gasteiger charge is -2.11. The van der Waals surface area contributed by atoms with Crippen molar-refractivity contribution in [3.8, 4) is 11.5 Å². The van der Waals surface area contributed by atoms with Crippen LogP contribution in [0, 0.1) is 3.57 Å². The van der Waals surface area contributed by atoms with E-state index < -0.39 is 0 Å². The van der Waals surface area contributed by atoms with Crippen LogP contribution in [0.3, 0.4) is 0 Å². The first-order valence-electron chi connectivity index (χ1n) is 8.80. The summed E-state index contributed by atoms with van der Waals surface area (Å²) in [5.41, 5.74) is 4.69. The number of hydrazone groups is 1. The van der Waals surface area contributed by atoms with Gasteiger partial charge in [-0.1, -0.05) is 35.3 Å². The molecule has 0 spiro atoms. The molecule has 0 aliphatic heterocycles. The number of benzene rings is 3. The van der Waals surface area contributed by atoms with Crippen LogP contribution in [0.4, 0.5) is 0 Å². The monoisotopic (exact) mass is 554 g/mol. The fourth-order valence-corrected chi connectivity index (χ4v) is 3.40. The van der Waals surface area contributed by atoms with E-state index in [0.717, 1.165) is 14.7 Å². The van der Waals surface area contributed by atoms with E-state index in [9.17, 15) is 4.79 Å². The molecule has 5 nitrogen and oxygen atoms in total. The van der Waals surface area contributed by atoms with Crippen LogP contribution in [-0.4, -0.2) is 19.2 Å². The molecule has 0 aliphatic rings. The van der Waals surface area contributed by atoms with Gasteiger partial charge < -0.3 is 9.47 Å². The summed E-state index contributed by atoms with van der Waals surface area (Å²) >= 11 is 14.1. The molecule has 0 saturated heterocycles. The van der Waals surface area contributed by atoms with Crippen molar-refractivity contribution in [2.75, 3.05) is 7.11 Å². The molecule has 0 saturated carbocycles. The van der Waals surface area contributed by atoms with Gasteiger partial charge in [-0.25, -0.2) is 5.43 Å². The Morgan fingerprint density at radius 3 is 2.63 bits per heavy atom. The lowest BCUT2D eigenvalue weighted by molar-refractivity contribution is 0.0955. The molecule has 0 unspecified atom stereocenters. The minimum atomic E-state index is -0.279. The highest BCUT2D eigenvalue weighted by Gasteiger charge is 2.08. The maximum absolute atomic E-state index is 12.1. The second-order valence-electron chi connectivity index (χ2n) is 6.16. The number of ether oxygens (including phenoxy) is 2. The van der Waals surface area contributed by atoms with E-state index in [-0.39, 0.29) is 5.91 Å². The number of methoxy groups -OCH3 is 1. The zero-order valence-corrected chi connectivity index (χ0v) is 19.5. The van der Waals surface area contributed by atoms with Crippen molar-refractivity contribution in [2.24, 2.45) is 5.10 Å². The van der Waals surface area contributed by atoms with E-state index in [2.05, 4.69) is 33.1 Å². The van der Waals surface area contributed by atoms with E-state index in [1.54, 1.807) is 43.5 Å². The second kappa shape index (κ2) is 10.7. The van der Waals surface area contributed by atoms with Crippen molar-refractivity contribution in [1.82, 2.24) is 5.43 Å². The number of carbonyl (C=O) groups excluding carboxylic acids is 1. The Labute approximate surface area is 198 Å². The average molecular weight is 555 g/mol. The van der Waals surface area contributed by atoms with Gasteiger partial charge in [0.15, 0.2) is 11.5 Å². The first-order valence-corrected chi connectivity index (χ1v) is 10.6. The number of hydrogen-bond donors (Lipinski definition) is 1. The molecule has 1 N–H and O–H groups in total. The summed E-state index contributed by atoms with van der Waals surface area (Å²) in [5.74, 6) is 0.838. The Kier molecular flexibility index (Phi) is 7.95. The maximum Gasteiger partial charge on any atom is 0.271 e. The lowest BCUT2D eigenvalue weighted by atomic mass is 10.2. The molecule has 154 valence electrons. The van der Waals surface area contributed by atoms with Crippen molar-refractivity contribution in [1.29, 1.82) is 0 Å². The third-order valence-corrected chi connectivity index (χ3v) is 5.44. The Morgan fingerprint density at radius 1 is 1.07 bits per heavy atom. The van der Waals surface area contributed by atoms with Gasteiger partial charge in [0.05, 0.1) is 23.4 Å². The molecule has 3 rings (SSSR count). The van der Waals surface area contributed by atoms with Crippen LogP contribution in [0.2, 0.25) is 10.0 Å². The topological polar surface area (TPSA) is 59.9 Å². The Balaban J connectivity index is 1.63. The summed E-state index contributed by atoms with van der Waals surface area (Å²) in [7, 11) is 1.56. The smallest absolute Gasteiger partial charge is 0.271 e. The summed E-state index contributed by atoms with van der Waals surface area (Å²) in [5, 5.41) is 4.99. The second-order valence-corrected chi connectivity index (χ2v) is 8.22. The number of rotatable bonds is 7. The van der Waals surface area contributed by atoms with Gasteiger partial charge in [-0.3, -0.25) is 4.79 Å². The van der Waals surface area contributed by atoms with Gasteiger partial charge in [-0.15, -0.1) is 0 Å². The Bertz CT molecular complexity index is 1090. The quantitative estimate of drug-likeness (QED) is 0.223. The van der Waals surface area contributed by atoms with E-state index in [4.69, 9.17) is 32.7 Å². The molecule has 3 aromatic rings. The largest absolute Gasteiger partial charge is 0.493 e. The zero-order chi connectivity index (χ0) is 21.5. The number of hydrogen-bond acceptors (Lipinski definition) is 4. The molecule has 0 heterocycles. The predicted molar refractivity (Wildman–Crippen MR) is 128 cm³/mol. The van der Waals surface area contributed by atoms with Gasteiger partial charge in [-0.2, -0.15) is 5.10 Å². The van der Waals surface area contributed by atoms with Crippen LogP contribution in [0.5, 0.6) is 11.5 Å². The van der Waals surface area contributed by atoms with Crippen molar-refractivity contribution in [3.63, 3.8) is 0 Å². The number of amides is 1. The molecule has 3 aromatic carbocycles. The van der Waals surface area contributed by atoms with Crippen LogP contribution in [0.1, 0.15) is 21.5 Å². The molecule has 0 fully saturated rings. The molecule has 0 aliphatic carbocycles. The minimum absolute atomic E-state index is 0.279. The normalized spacial score (nSPS) is 10.8. The molecular weight excluding hydrogens is 538 g/mol. The minimum Gasteiger partial charge on any atom is -0.493 e. The molecule has 30 heavy (non-hydrogen) atoms. The Morgan fingerprint density at radius 2 is 1.90 bits per heavy atom. The summed E-state index contributed by atoms with van der Waals surface area (Å²) in [6.07, 6.45) is 1.54. The molecule has 0 bridgehead atoms. The maximum atomic E-state index is 12.1. The van der Waals surface area contributed by atoms with E-state index in [1.807, 2.05) is 24.3 Å². The molecule has 1 amide bonds. The summed E-state index contributed by atoms with van der Waals surface area (Å²) in [4.78, 5) is 12.1. The SMILES string of the molecule is COc1cc(/C=N\NC(=O)c2cccc(I)c2)ccc1OCc1ccc(Cl)c(Cl)c1. The predicted octanol–water partition coefficient (Wildman–Crippen LogP) is 5.95. The van der Waals surface area contributed by atoms with Gasteiger partial charge in [-0.05, 0) is 82.2 Å². The summed E-state index contributed by atoms with van der Waals surface area (Å²) < 4.78 is 12.2. The zero-order valence-electron chi connectivity index (χ0n) is 15.9. The first-order chi connectivity index (χ1) is 14.5. The van der Waals surface area contributed by atoms with Gasteiger partial charge >= 0.3 is 0 Å². The average Bonchev–Trinajstić information content (AvgIpc) is 2.75. The van der Waals surface area contributed by atoms with Crippen molar-refractivity contribution in [3.05, 3.63) is 91.0 Å². The lowest BCUT2D eigenvalue weighted by Crippen LogP contribution is -2.17. The summed E-state index contributed by atoms with van der Waals surface area (Å²) in [6, 6.07) is 17.9. The molecule has 0 radical (unpaired) electrons. The highest BCUT2D eigenvalue weighted by atomic mass is 127. The highest BCUT2D eigenvalue weighted by Crippen LogP contribution is 2.29. The van der Waals surface area contributed by atoms with E-state index >= 15 is 0 Å². The standard InChI is InChI=1S/C22H17Cl2IN2O3/c1-29-21-10-14(12-26-27-22(28)16-3-2-4-17(25)11-16)6-8-20(21)30-13-15-5-7-18(23)19(24)9-15/h2-12H,13H2,1H3,(H,27,28)/b26-12-. The Hall–Kier alpha value is -2.29. The van der Waals surface area contributed by atoms with Gasteiger partial charge in [0.1, 0.15) is 6.61 Å². The molecular formula is C22H17Cl2IN2O3.